The predicted molar refractivity (Wildman–Crippen MR) is 87.1 cm³/mol. The Labute approximate surface area is 128 Å². The molecule has 1 amide bonds. The molecule has 0 saturated carbocycles. The van der Waals surface area contributed by atoms with Gasteiger partial charge in [0, 0.05) is 31.9 Å². The first-order chi connectivity index (χ1) is 10.1. The molecule has 0 aliphatic carbocycles. The summed E-state index contributed by atoms with van der Waals surface area (Å²) < 4.78 is 5.52. The smallest absolute Gasteiger partial charge is 0.224 e. The Morgan fingerprint density at radius 3 is 2.48 bits per heavy atom. The zero-order valence-electron chi connectivity index (χ0n) is 13.2. The maximum Gasteiger partial charge on any atom is 0.224 e. The van der Waals surface area contributed by atoms with Crippen molar-refractivity contribution in [3.05, 3.63) is 29.8 Å². The van der Waals surface area contributed by atoms with E-state index in [1.807, 2.05) is 24.3 Å². The lowest BCUT2D eigenvalue weighted by atomic mass is 10.1. The fourth-order valence-corrected chi connectivity index (χ4v) is 1.98. The van der Waals surface area contributed by atoms with Crippen molar-refractivity contribution >= 4 is 11.6 Å². The number of hydrogen-bond acceptors (Lipinski definition) is 3. The van der Waals surface area contributed by atoms with Crippen LogP contribution in [-0.4, -0.2) is 19.1 Å². The lowest BCUT2D eigenvalue weighted by Gasteiger charge is -2.07. The van der Waals surface area contributed by atoms with Gasteiger partial charge in [0.25, 0.3) is 0 Å². The van der Waals surface area contributed by atoms with E-state index in [1.54, 1.807) is 0 Å². The highest BCUT2D eigenvalue weighted by Gasteiger charge is 2.02. The summed E-state index contributed by atoms with van der Waals surface area (Å²) in [6.45, 7) is 6.38. The molecular weight excluding hydrogens is 264 g/mol. The summed E-state index contributed by atoms with van der Waals surface area (Å²) >= 11 is 0. The van der Waals surface area contributed by atoms with Crippen molar-refractivity contribution in [3.8, 4) is 0 Å². The molecule has 0 aliphatic heterocycles. The van der Waals surface area contributed by atoms with Crippen molar-refractivity contribution in [3.63, 3.8) is 0 Å². The fraction of sp³-hybridized carbons (Fsp3) is 0.588. The molecule has 1 aromatic rings. The van der Waals surface area contributed by atoms with Crippen molar-refractivity contribution in [1.29, 1.82) is 0 Å². The van der Waals surface area contributed by atoms with Gasteiger partial charge in [-0.25, -0.2) is 0 Å². The van der Waals surface area contributed by atoms with Crippen LogP contribution in [0.5, 0.6) is 0 Å². The molecule has 3 N–H and O–H groups in total. The lowest BCUT2D eigenvalue weighted by Crippen LogP contribution is -2.12. The van der Waals surface area contributed by atoms with Crippen LogP contribution in [0.3, 0.4) is 0 Å². The van der Waals surface area contributed by atoms with Gasteiger partial charge in [-0.05, 0) is 42.9 Å². The first kappa shape index (κ1) is 17.7. The van der Waals surface area contributed by atoms with E-state index >= 15 is 0 Å². The van der Waals surface area contributed by atoms with Crippen molar-refractivity contribution in [2.24, 2.45) is 11.7 Å². The van der Waals surface area contributed by atoms with Gasteiger partial charge in [-0.1, -0.05) is 26.0 Å². The summed E-state index contributed by atoms with van der Waals surface area (Å²) in [4.78, 5) is 11.8. The number of carbonyl (C=O) groups excluding carboxylic acids is 1. The van der Waals surface area contributed by atoms with Gasteiger partial charge >= 0.3 is 0 Å². The van der Waals surface area contributed by atoms with Crippen LogP contribution in [0.15, 0.2) is 24.3 Å². The van der Waals surface area contributed by atoms with Gasteiger partial charge in [0.15, 0.2) is 0 Å². The SMILES string of the molecule is CC(C)CCCOCCCC(=O)Nc1ccc(CN)cc1. The predicted octanol–water partition coefficient (Wildman–Crippen LogP) is 3.32. The van der Waals surface area contributed by atoms with Crippen LogP contribution in [0.4, 0.5) is 5.69 Å². The van der Waals surface area contributed by atoms with Gasteiger partial charge in [-0.15, -0.1) is 0 Å². The second kappa shape index (κ2) is 10.4. The van der Waals surface area contributed by atoms with Crippen LogP contribution in [-0.2, 0) is 16.1 Å². The molecule has 0 saturated heterocycles. The number of ether oxygens (including phenoxy) is 1. The van der Waals surface area contributed by atoms with E-state index in [1.165, 1.54) is 6.42 Å². The van der Waals surface area contributed by atoms with E-state index in [2.05, 4.69) is 19.2 Å². The number of nitrogens with one attached hydrogen (secondary N) is 1. The molecule has 4 heteroatoms. The van der Waals surface area contributed by atoms with E-state index in [-0.39, 0.29) is 5.91 Å². The van der Waals surface area contributed by atoms with Gasteiger partial charge in [0.1, 0.15) is 0 Å². The van der Waals surface area contributed by atoms with E-state index in [4.69, 9.17) is 10.5 Å². The molecule has 0 spiro atoms. The van der Waals surface area contributed by atoms with Crippen LogP contribution in [0.25, 0.3) is 0 Å². The second-order valence-electron chi connectivity index (χ2n) is 5.70. The molecule has 1 aromatic carbocycles. The van der Waals surface area contributed by atoms with Crippen molar-refractivity contribution in [2.75, 3.05) is 18.5 Å². The third-order valence-electron chi connectivity index (χ3n) is 3.24. The quantitative estimate of drug-likeness (QED) is 0.650. The average molecular weight is 292 g/mol. The standard InChI is InChI=1S/C17H28N2O2/c1-14(2)5-3-11-21-12-4-6-17(20)19-16-9-7-15(13-18)8-10-16/h7-10,14H,3-6,11-13,18H2,1-2H3,(H,19,20). The van der Waals surface area contributed by atoms with E-state index in [0.29, 0.717) is 19.6 Å². The summed E-state index contributed by atoms with van der Waals surface area (Å²) in [6.07, 6.45) is 3.54. The minimum absolute atomic E-state index is 0.0290. The molecule has 1 rings (SSSR count). The van der Waals surface area contributed by atoms with Gasteiger partial charge in [-0.2, -0.15) is 0 Å². The van der Waals surface area contributed by atoms with Crippen LogP contribution in [0.1, 0.15) is 45.1 Å². The van der Waals surface area contributed by atoms with Gasteiger partial charge in [0.2, 0.25) is 5.91 Å². The molecule has 0 bridgehead atoms. The maximum atomic E-state index is 11.8. The second-order valence-corrected chi connectivity index (χ2v) is 5.70. The monoisotopic (exact) mass is 292 g/mol. The summed E-state index contributed by atoms with van der Waals surface area (Å²) in [5.74, 6) is 0.756. The largest absolute Gasteiger partial charge is 0.381 e. The Hall–Kier alpha value is -1.39. The van der Waals surface area contributed by atoms with Crippen LogP contribution in [0, 0.1) is 5.92 Å². The number of carbonyl (C=O) groups is 1. The molecule has 0 atom stereocenters. The number of hydrogen-bond donors (Lipinski definition) is 2. The number of rotatable bonds is 10. The molecule has 4 nitrogen and oxygen atoms in total. The molecule has 0 unspecified atom stereocenters. The average Bonchev–Trinajstić information content (AvgIpc) is 2.46. The Morgan fingerprint density at radius 2 is 1.86 bits per heavy atom. The number of amides is 1. The van der Waals surface area contributed by atoms with Gasteiger partial charge in [0.05, 0.1) is 0 Å². The zero-order valence-corrected chi connectivity index (χ0v) is 13.2. The van der Waals surface area contributed by atoms with E-state index in [9.17, 15) is 4.79 Å². The molecular formula is C17H28N2O2. The van der Waals surface area contributed by atoms with Crippen molar-refractivity contribution < 1.29 is 9.53 Å². The maximum absolute atomic E-state index is 11.8. The van der Waals surface area contributed by atoms with E-state index < -0.39 is 0 Å². The molecule has 21 heavy (non-hydrogen) atoms. The molecule has 0 aromatic heterocycles. The van der Waals surface area contributed by atoms with Crippen LogP contribution in [0.2, 0.25) is 0 Å². The first-order valence-corrected chi connectivity index (χ1v) is 7.78. The van der Waals surface area contributed by atoms with Crippen LogP contribution < -0.4 is 11.1 Å². The highest BCUT2D eigenvalue weighted by atomic mass is 16.5. The molecule has 0 aliphatic rings. The lowest BCUT2D eigenvalue weighted by molar-refractivity contribution is -0.116. The zero-order chi connectivity index (χ0) is 15.5. The van der Waals surface area contributed by atoms with Gasteiger partial charge < -0.3 is 15.8 Å². The number of anilines is 1. The van der Waals surface area contributed by atoms with Gasteiger partial charge in [-0.3, -0.25) is 4.79 Å². The third-order valence-corrected chi connectivity index (χ3v) is 3.24. The minimum atomic E-state index is 0.0290. The third kappa shape index (κ3) is 8.48. The molecule has 0 radical (unpaired) electrons. The Bertz CT molecular complexity index is 402. The summed E-state index contributed by atoms with van der Waals surface area (Å²) in [6, 6.07) is 7.60. The molecule has 118 valence electrons. The van der Waals surface area contributed by atoms with Crippen LogP contribution >= 0.6 is 0 Å². The molecule has 0 fully saturated rings. The van der Waals surface area contributed by atoms with E-state index in [0.717, 1.165) is 36.6 Å². The number of nitrogens with two attached hydrogens (primary N) is 1. The first-order valence-electron chi connectivity index (χ1n) is 7.78. The summed E-state index contributed by atoms with van der Waals surface area (Å²) in [5.41, 5.74) is 7.41. The Morgan fingerprint density at radius 1 is 1.19 bits per heavy atom. The fourth-order valence-electron chi connectivity index (χ4n) is 1.98. The number of benzene rings is 1. The Balaban J connectivity index is 2.08. The highest BCUT2D eigenvalue weighted by Crippen LogP contribution is 2.10. The minimum Gasteiger partial charge on any atom is -0.381 e. The highest BCUT2D eigenvalue weighted by molar-refractivity contribution is 5.90. The molecule has 0 heterocycles. The topological polar surface area (TPSA) is 64.3 Å². The summed E-state index contributed by atoms with van der Waals surface area (Å²) in [7, 11) is 0. The summed E-state index contributed by atoms with van der Waals surface area (Å²) in [5, 5.41) is 2.87. The Kier molecular flexibility index (Phi) is 8.71. The van der Waals surface area contributed by atoms with Crippen molar-refractivity contribution in [2.45, 2.75) is 46.1 Å². The normalized spacial score (nSPS) is 10.9. The van der Waals surface area contributed by atoms with Crippen molar-refractivity contribution in [1.82, 2.24) is 0 Å².